The summed E-state index contributed by atoms with van der Waals surface area (Å²) in [7, 11) is 0. The largest absolute Gasteiger partial charge is 0.480 e. The molecular formula is C9H8BrF2NO2. The van der Waals surface area contributed by atoms with Gasteiger partial charge in [0.25, 0.3) is 6.43 Å². The zero-order chi connectivity index (χ0) is 11.6. The zero-order valence-corrected chi connectivity index (χ0v) is 9.04. The van der Waals surface area contributed by atoms with Crippen molar-refractivity contribution >= 4 is 21.9 Å². The van der Waals surface area contributed by atoms with Crippen LogP contribution < -0.4 is 5.73 Å². The molecule has 3 nitrogen and oxygen atoms in total. The fourth-order valence-electron chi connectivity index (χ4n) is 1.06. The van der Waals surface area contributed by atoms with E-state index in [0.717, 1.165) is 6.07 Å². The fourth-order valence-corrected chi connectivity index (χ4v) is 1.63. The summed E-state index contributed by atoms with van der Waals surface area (Å²) in [6.07, 6.45) is -2.60. The molecule has 1 atom stereocenters. The molecular weight excluding hydrogens is 272 g/mol. The maximum atomic E-state index is 12.3. The van der Waals surface area contributed by atoms with Crippen molar-refractivity contribution in [2.24, 2.45) is 5.73 Å². The minimum Gasteiger partial charge on any atom is -0.480 e. The van der Waals surface area contributed by atoms with Crippen LogP contribution >= 0.6 is 15.9 Å². The topological polar surface area (TPSA) is 63.3 Å². The lowest BCUT2D eigenvalue weighted by Gasteiger charge is -2.09. The molecule has 1 aromatic carbocycles. The summed E-state index contributed by atoms with van der Waals surface area (Å²) in [5, 5.41) is 8.62. The number of carboxylic acids is 1. The second-order valence-corrected chi connectivity index (χ2v) is 3.75. The molecule has 0 saturated heterocycles. The minimum absolute atomic E-state index is 0.159. The Morgan fingerprint density at radius 1 is 1.47 bits per heavy atom. The third kappa shape index (κ3) is 2.73. The summed E-state index contributed by atoms with van der Waals surface area (Å²) < 4.78 is 24.8. The number of carbonyl (C=O) groups is 1. The van der Waals surface area contributed by atoms with Gasteiger partial charge < -0.3 is 10.8 Å². The third-order valence-corrected chi connectivity index (χ3v) is 2.57. The molecule has 15 heavy (non-hydrogen) atoms. The number of alkyl halides is 2. The number of benzene rings is 1. The Bertz CT molecular complexity index is 384. The van der Waals surface area contributed by atoms with Gasteiger partial charge in [0.2, 0.25) is 0 Å². The number of halogens is 3. The Morgan fingerprint density at radius 2 is 2.07 bits per heavy atom. The van der Waals surface area contributed by atoms with Gasteiger partial charge >= 0.3 is 5.97 Å². The zero-order valence-electron chi connectivity index (χ0n) is 7.45. The standard InChI is InChI=1S/C9H8BrF2NO2/c10-6-3-4(7(13)9(14)15)1-2-5(6)8(11)12/h1-3,7-8H,13H2,(H,14,15). The molecule has 82 valence electrons. The van der Waals surface area contributed by atoms with Crippen LogP contribution in [0.1, 0.15) is 23.6 Å². The molecule has 3 N–H and O–H groups in total. The lowest BCUT2D eigenvalue weighted by Crippen LogP contribution is -2.20. The summed E-state index contributed by atoms with van der Waals surface area (Å²) in [6, 6.07) is 2.53. The molecule has 0 heterocycles. The van der Waals surface area contributed by atoms with E-state index in [-0.39, 0.29) is 15.6 Å². The SMILES string of the molecule is NC(C(=O)O)c1ccc(C(F)F)c(Br)c1. The summed E-state index contributed by atoms with van der Waals surface area (Å²) in [4.78, 5) is 10.5. The number of hydrogen-bond acceptors (Lipinski definition) is 2. The van der Waals surface area contributed by atoms with Crippen molar-refractivity contribution in [3.8, 4) is 0 Å². The Balaban J connectivity index is 3.06. The third-order valence-electron chi connectivity index (χ3n) is 1.88. The van der Waals surface area contributed by atoms with E-state index in [1.807, 2.05) is 0 Å². The van der Waals surface area contributed by atoms with Crippen LogP contribution in [-0.2, 0) is 4.79 Å². The molecule has 6 heteroatoms. The van der Waals surface area contributed by atoms with Crippen LogP contribution in [0.3, 0.4) is 0 Å². The van der Waals surface area contributed by atoms with E-state index < -0.39 is 18.4 Å². The van der Waals surface area contributed by atoms with E-state index in [9.17, 15) is 13.6 Å². The van der Waals surface area contributed by atoms with Crippen molar-refractivity contribution in [2.45, 2.75) is 12.5 Å². The van der Waals surface area contributed by atoms with Crippen LogP contribution in [0.25, 0.3) is 0 Å². The van der Waals surface area contributed by atoms with Gasteiger partial charge in [-0.25, -0.2) is 8.78 Å². The molecule has 0 spiro atoms. The molecule has 0 fully saturated rings. The number of carboxylic acid groups (broad SMARTS) is 1. The molecule has 0 aliphatic heterocycles. The highest BCUT2D eigenvalue weighted by Gasteiger charge is 2.17. The van der Waals surface area contributed by atoms with Gasteiger partial charge in [0, 0.05) is 10.0 Å². The molecule has 1 rings (SSSR count). The average molecular weight is 280 g/mol. The summed E-state index contributed by atoms with van der Waals surface area (Å²) >= 11 is 2.94. The highest BCUT2D eigenvalue weighted by molar-refractivity contribution is 9.10. The second-order valence-electron chi connectivity index (χ2n) is 2.90. The molecule has 1 aromatic rings. The van der Waals surface area contributed by atoms with Gasteiger partial charge in [-0.1, -0.05) is 28.1 Å². The van der Waals surface area contributed by atoms with Crippen LogP contribution in [0.15, 0.2) is 22.7 Å². The quantitative estimate of drug-likeness (QED) is 0.894. The van der Waals surface area contributed by atoms with Crippen LogP contribution in [-0.4, -0.2) is 11.1 Å². The van der Waals surface area contributed by atoms with Gasteiger partial charge in [-0.3, -0.25) is 4.79 Å². The van der Waals surface area contributed by atoms with Crippen molar-refractivity contribution in [3.05, 3.63) is 33.8 Å². The molecule has 0 bridgehead atoms. The first kappa shape index (κ1) is 12.1. The minimum atomic E-state index is -2.60. The van der Waals surface area contributed by atoms with Crippen molar-refractivity contribution in [1.82, 2.24) is 0 Å². The van der Waals surface area contributed by atoms with Gasteiger partial charge in [-0.2, -0.15) is 0 Å². The molecule has 0 aliphatic rings. The molecule has 0 aromatic heterocycles. The maximum absolute atomic E-state index is 12.3. The van der Waals surface area contributed by atoms with E-state index in [2.05, 4.69) is 15.9 Å². The fraction of sp³-hybridized carbons (Fsp3) is 0.222. The average Bonchev–Trinajstić information content (AvgIpc) is 2.15. The highest BCUT2D eigenvalue weighted by Crippen LogP contribution is 2.29. The van der Waals surface area contributed by atoms with E-state index >= 15 is 0 Å². The van der Waals surface area contributed by atoms with Crippen molar-refractivity contribution in [2.75, 3.05) is 0 Å². The Hall–Kier alpha value is -1.01. The van der Waals surface area contributed by atoms with E-state index in [0.29, 0.717) is 0 Å². The molecule has 0 saturated carbocycles. The lowest BCUT2D eigenvalue weighted by molar-refractivity contribution is -0.138. The normalized spacial score (nSPS) is 12.9. The van der Waals surface area contributed by atoms with Gasteiger partial charge in [0.1, 0.15) is 6.04 Å². The van der Waals surface area contributed by atoms with Crippen LogP contribution in [0, 0.1) is 0 Å². The van der Waals surface area contributed by atoms with Gasteiger partial charge in [0.05, 0.1) is 0 Å². The Morgan fingerprint density at radius 3 is 2.47 bits per heavy atom. The Kier molecular flexibility index (Phi) is 3.76. The van der Waals surface area contributed by atoms with Crippen molar-refractivity contribution < 1.29 is 18.7 Å². The second kappa shape index (κ2) is 4.67. The number of rotatable bonds is 3. The maximum Gasteiger partial charge on any atom is 0.325 e. The lowest BCUT2D eigenvalue weighted by atomic mass is 10.1. The van der Waals surface area contributed by atoms with E-state index in [1.54, 1.807) is 0 Å². The first-order valence-electron chi connectivity index (χ1n) is 3.99. The van der Waals surface area contributed by atoms with Gasteiger partial charge in [-0.05, 0) is 11.6 Å². The summed E-state index contributed by atoms with van der Waals surface area (Å²) in [6.45, 7) is 0. The summed E-state index contributed by atoms with van der Waals surface area (Å²) in [5.41, 5.74) is 5.42. The number of hydrogen-bond donors (Lipinski definition) is 2. The summed E-state index contributed by atoms with van der Waals surface area (Å²) in [5.74, 6) is -1.20. The van der Waals surface area contributed by atoms with Crippen molar-refractivity contribution in [3.63, 3.8) is 0 Å². The highest BCUT2D eigenvalue weighted by atomic mass is 79.9. The number of aliphatic carboxylic acids is 1. The van der Waals surface area contributed by atoms with Crippen LogP contribution in [0.4, 0.5) is 8.78 Å². The van der Waals surface area contributed by atoms with Crippen LogP contribution in [0.5, 0.6) is 0 Å². The predicted octanol–water partition coefficient (Wildman–Crippen LogP) is 2.47. The molecule has 0 aliphatic carbocycles. The van der Waals surface area contributed by atoms with E-state index in [1.165, 1.54) is 12.1 Å². The molecule has 1 unspecified atom stereocenters. The van der Waals surface area contributed by atoms with E-state index in [4.69, 9.17) is 10.8 Å². The van der Waals surface area contributed by atoms with Crippen LogP contribution in [0.2, 0.25) is 0 Å². The van der Waals surface area contributed by atoms with Crippen molar-refractivity contribution in [1.29, 1.82) is 0 Å². The predicted molar refractivity (Wildman–Crippen MR) is 53.7 cm³/mol. The molecule has 0 radical (unpaired) electrons. The monoisotopic (exact) mass is 279 g/mol. The smallest absolute Gasteiger partial charge is 0.325 e. The van der Waals surface area contributed by atoms with Gasteiger partial charge in [-0.15, -0.1) is 0 Å². The molecule has 0 amide bonds. The number of nitrogens with two attached hydrogens (primary N) is 1. The Labute approximate surface area is 93.0 Å². The van der Waals surface area contributed by atoms with Gasteiger partial charge in [0.15, 0.2) is 0 Å². The first-order chi connectivity index (χ1) is 6.93. The first-order valence-corrected chi connectivity index (χ1v) is 4.78.